The molecule has 5 nitrogen and oxygen atoms in total. The Morgan fingerprint density at radius 2 is 2.35 bits per heavy atom. The lowest BCUT2D eigenvalue weighted by Crippen LogP contribution is -2.33. The lowest BCUT2D eigenvalue weighted by molar-refractivity contribution is -0.124. The first kappa shape index (κ1) is 13.2. The van der Waals surface area contributed by atoms with E-state index in [0.717, 1.165) is 13.0 Å². The monoisotopic (exact) mass is 234 g/mol. The largest absolute Gasteiger partial charge is 0.355 e. The molecule has 0 spiro atoms. The number of carbonyl (C=O) groups is 1. The van der Waals surface area contributed by atoms with Crippen LogP contribution in [-0.4, -0.2) is 22.2 Å². The van der Waals surface area contributed by atoms with Crippen molar-refractivity contribution in [1.82, 2.24) is 15.1 Å². The molecule has 0 aromatic carbocycles. The average molecular weight is 234 g/mol. The lowest BCUT2D eigenvalue weighted by Gasteiger charge is -2.12. The van der Waals surface area contributed by atoms with Crippen LogP contribution in [0, 0.1) is 23.2 Å². The van der Waals surface area contributed by atoms with Gasteiger partial charge in [0.15, 0.2) is 0 Å². The van der Waals surface area contributed by atoms with Crippen molar-refractivity contribution < 1.29 is 4.79 Å². The Bertz CT molecular complexity index is 378. The molecule has 1 atom stereocenters. The van der Waals surface area contributed by atoms with Crippen LogP contribution in [-0.2, 0) is 11.3 Å². The number of amides is 1. The van der Waals surface area contributed by atoms with Crippen molar-refractivity contribution in [2.45, 2.75) is 26.8 Å². The number of carbonyl (C=O) groups excluding carboxylic acids is 1. The van der Waals surface area contributed by atoms with E-state index in [1.54, 1.807) is 6.20 Å². The molecule has 1 aromatic heterocycles. The van der Waals surface area contributed by atoms with Crippen LogP contribution in [0.1, 0.15) is 20.3 Å². The zero-order valence-electron chi connectivity index (χ0n) is 10.3. The Kier molecular flexibility index (Phi) is 5.21. The number of rotatable bonds is 6. The van der Waals surface area contributed by atoms with E-state index in [0.29, 0.717) is 6.54 Å². The molecule has 0 radical (unpaired) electrons. The Hall–Kier alpha value is -1.83. The summed E-state index contributed by atoms with van der Waals surface area (Å²) in [7, 11) is 0. The predicted molar refractivity (Wildman–Crippen MR) is 63.8 cm³/mol. The van der Waals surface area contributed by atoms with E-state index < -0.39 is 5.92 Å². The van der Waals surface area contributed by atoms with Gasteiger partial charge in [-0.05, 0) is 18.4 Å². The van der Waals surface area contributed by atoms with E-state index in [-0.39, 0.29) is 11.8 Å². The van der Waals surface area contributed by atoms with Crippen LogP contribution in [0.5, 0.6) is 0 Å². The van der Waals surface area contributed by atoms with Gasteiger partial charge in [-0.3, -0.25) is 9.48 Å². The minimum absolute atomic E-state index is 0.0473. The quantitative estimate of drug-likeness (QED) is 0.751. The molecule has 1 heterocycles. The molecule has 0 saturated heterocycles. The van der Waals surface area contributed by atoms with Crippen molar-refractivity contribution in [2.75, 3.05) is 6.54 Å². The van der Waals surface area contributed by atoms with Gasteiger partial charge in [0, 0.05) is 25.5 Å². The first-order valence-corrected chi connectivity index (χ1v) is 5.80. The topological polar surface area (TPSA) is 70.7 Å². The number of nitriles is 1. The fourth-order valence-electron chi connectivity index (χ4n) is 1.51. The van der Waals surface area contributed by atoms with E-state index in [1.165, 1.54) is 0 Å². The third-order valence-corrected chi connectivity index (χ3v) is 2.51. The highest BCUT2D eigenvalue weighted by molar-refractivity contribution is 5.81. The number of nitrogens with zero attached hydrogens (tertiary/aromatic N) is 3. The summed E-state index contributed by atoms with van der Waals surface area (Å²) < 4.78 is 1.82. The summed E-state index contributed by atoms with van der Waals surface area (Å²) >= 11 is 0. The Morgan fingerprint density at radius 3 is 2.88 bits per heavy atom. The van der Waals surface area contributed by atoms with Crippen molar-refractivity contribution >= 4 is 5.91 Å². The molecule has 1 rings (SSSR count). The summed E-state index contributed by atoms with van der Waals surface area (Å²) in [6.07, 6.45) is 4.42. The number of nitrogens with one attached hydrogen (secondary N) is 1. The maximum Gasteiger partial charge on any atom is 0.237 e. The average Bonchev–Trinajstić information content (AvgIpc) is 2.77. The minimum atomic E-state index is -0.556. The van der Waals surface area contributed by atoms with Gasteiger partial charge in [-0.15, -0.1) is 0 Å². The van der Waals surface area contributed by atoms with Crippen molar-refractivity contribution in [3.63, 3.8) is 0 Å². The summed E-state index contributed by atoms with van der Waals surface area (Å²) in [6.45, 7) is 5.09. The van der Waals surface area contributed by atoms with E-state index in [2.05, 4.69) is 10.4 Å². The molecule has 1 amide bonds. The molecule has 0 fully saturated rings. The summed E-state index contributed by atoms with van der Waals surface area (Å²) in [5.41, 5.74) is 0. The third-order valence-electron chi connectivity index (χ3n) is 2.51. The van der Waals surface area contributed by atoms with Crippen LogP contribution in [0.15, 0.2) is 18.5 Å². The van der Waals surface area contributed by atoms with Crippen LogP contribution in [0.25, 0.3) is 0 Å². The standard InChI is InChI=1S/C12H18N4O/c1-10(2)11(9-13)12(17)14-5-3-7-16-8-4-6-15-16/h4,6,8,10-11H,3,5,7H2,1-2H3,(H,14,17). The number of hydrogen-bond donors (Lipinski definition) is 1. The van der Waals surface area contributed by atoms with E-state index in [4.69, 9.17) is 5.26 Å². The second-order valence-electron chi connectivity index (χ2n) is 4.26. The third kappa shape index (κ3) is 4.27. The highest BCUT2D eigenvalue weighted by Gasteiger charge is 2.20. The van der Waals surface area contributed by atoms with Crippen molar-refractivity contribution in [3.05, 3.63) is 18.5 Å². The molecular formula is C12H18N4O. The van der Waals surface area contributed by atoms with E-state index >= 15 is 0 Å². The SMILES string of the molecule is CC(C)C(C#N)C(=O)NCCCn1cccn1. The van der Waals surface area contributed by atoms with Gasteiger partial charge in [-0.2, -0.15) is 10.4 Å². The maximum atomic E-state index is 11.6. The lowest BCUT2D eigenvalue weighted by atomic mass is 9.97. The number of hydrogen-bond acceptors (Lipinski definition) is 3. The van der Waals surface area contributed by atoms with Crippen LogP contribution in [0.3, 0.4) is 0 Å². The van der Waals surface area contributed by atoms with Gasteiger partial charge in [0.25, 0.3) is 0 Å². The van der Waals surface area contributed by atoms with Gasteiger partial charge in [-0.25, -0.2) is 0 Å². The molecule has 0 aliphatic carbocycles. The highest BCUT2D eigenvalue weighted by Crippen LogP contribution is 2.09. The molecule has 17 heavy (non-hydrogen) atoms. The van der Waals surface area contributed by atoms with Crippen molar-refractivity contribution in [3.8, 4) is 6.07 Å². The predicted octanol–water partition coefficient (Wildman–Crippen LogP) is 1.19. The van der Waals surface area contributed by atoms with Crippen LogP contribution in [0.2, 0.25) is 0 Å². The number of aromatic nitrogens is 2. The molecule has 1 unspecified atom stereocenters. The zero-order valence-corrected chi connectivity index (χ0v) is 10.3. The summed E-state index contributed by atoms with van der Waals surface area (Å²) in [4.78, 5) is 11.6. The Morgan fingerprint density at radius 1 is 1.59 bits per heavy atom. The van der Waals surface area contributed by atoms with Gasteiger partial charge in [0.2, 0.25) is 5.91 Å². The summed E-state index contributed by atoms with van der Waals surface area (Å²) in [5.74, 6) is -0.686. The van der Waals surface area contributed by atoms with Crippen LogP contribution >= 0.6 is 0 Å². The molecule has 0 bridgehead atoms. The van der Waals surface area contributed by atoms with E-state index in [9.17, 15) is 4.79 Å². The minimum Gasteiger partial charge on any atom is -0.355 e. The van der Waals surface area contributed by atoms with Crippen LogP contribution in [0.4, 0.5) is 0 Å². The normalized spacial score (nSPS) is 12.1. The maximum absolute atomic E-state index is 11.6. The molecular weight excluding hydrogens is 216 g/mol. The molecule has 0 saturated carbocycles. The smallest absolute Gasteiger partial charge is 0.237 e. The van der Waals surface area contributed by atoms with Gasteiger partial charge in [0.05, 0.1) is 6.07 Å². The molecule has 92 valence electrons. The zero-order chi connectivity index (χ0) is 12.7. The van der Waals surface area contributed by atoms with Gasteiger partial charge < -0.3 is 5.32 Å². The highest BCUT2D eigenvalue weighted by atomic mass is 16.1. The first-order chi connectivity index (χ1) is 8.15. The molecule has 0 aliphatic heterocycles. The second kappa shape index (κ2) is 6.69. The fraction of sp³-hybridized carbons (Fsp3) is 0.583. The molecule has 5 heteroatoms. The molecule has 1 aromatic rings. The summed E-state index contributed by atoms with van der Waals surface area (Å²) in [6, 6.07) is 3.89. The first-order valence-electron chi connectivity index (χ1n) is 5.80. The van der Waals surface area contributed by atoms with Crippen LogP contribution < -0.4 is 5.32 Å². The number of aryl methyl sites for hydroxylation is 1. The molecule has 0 aliphatic rings. The second-order valence-corrected chi connectivity index (χ2v) is 4.26. The van der Waals surface area contributed by atoms with Gasteiger partial charge in [0.1, 0.15) is 5.92 Å². The Labute approximate surface area is 101 Å². The van der Waals surface area contributed by atoms with Crippen molar-refractivity contribution in [2.24, 2.45) is 11.8 Å². The van der Waals surface area contributed by atoms with E-state index in [1.807, 2.05) is 36.9 Å². The van der Waals surface area contributed by atoms with Gasteiger partial charge in [-0.1, -0.05) is 13.8 Å². The Balaban J connectivity index is 2.22. The fourth-order valence-corrected chi connectivity index (χ4v) is 1.51. The molecule has 1 N–H and O–H groups in total. The van der Waals surface area contributed by atoms with Gasteiger partial charge >= 0.3 is 0 Å². The summed E-state index contributed by atoms with van der Waals surface area (Å²) in [5, 5.41) is 15.7. The van der Waals surface area contributed by atoms with Crippen molar-refractivity contribution in [1.29, 1.82) is 5.26 Å².